The summed E-state index contributed by atoms with van der Waals surface area (Å²) in [6.07, 6.45) is 0. The Bertz CT molecular complexity index is 138. The Kier molecular flexibility index (Phi) is 3.32. The highest BCUT2D eigenvalue weighted by Crippen LogP contribution is 1.75. The van der Waals surface area contributed by atoms with E-state index in [-0.39, 0.29) is 6.54 Å². The molecule has 0 heterocycles. The molecule has 0 saturated carbocycles. The lowest BCUT2D eigenvalue weighted by Gasteiger charge is -1.89. The fourth-order valence-electron chi connectivity index (χ4n) is 0.165. The molecule has 2 N–H and O–H groups in total. The van der Waals surface area contributed by atoms with Gasteiger partial charge in [0.25, 0.3) is 0 Å². The lowest BCUT2D eigenvalue weighted by Crippen LogP contribution is -2.20. The van der Waals surface area contributed by atoms with Crippen molar-refractivity contribution in [3.05, 3.63) is 10.4 Å². The molecule has 0 aromatic rings. The van der Waals surface area contributed by atoms with Gasteiger partial charge in [0.2, 0.25) is 0 Å². The smallest absolute Gasteiger partial charge is 0.0984 e. The number of hydrogen-bond acceptors (Lipinski definition) is 3. The molecular weight excluding hydrogens is 106 g/mol. The fraction of sp³-hybridized carbons (Fsp3) is 0.667. The van der Waals surface area contributed by atoms with Gasteiger partial charge >= 0.3 is 0 Å². The Morgan fingerprint density at radius 3 is 3.00 bits per heavy atom. The van der Waals surface area contributed by atoms with Gasteiger partial charge in [-0.1, -0.05) is 5.11 Å². The normalized spacial score (nSPS) is 11.0. The Labute approximate surface area is 46.3 Å². The molecule has 0 fully saturated rings. The van der Waals surface area contributed by atoms with Crippen molar-refractivity contribution in [3.8, 4) is 6.07 Å². The minimum Gasteiger partial charge on any atom is -0.316 e. The second kappa shape index (κ2) is 3.93. The molecule has 0 aliphatic rings. The van der Waals surface area contributed by atoms with Crippen LogP contribution < -0.4 is 5.73 Å². The van der Waals surface area contributed by atoms with Gasteiger partial charge in [0.1, 0.15) is 0 Å². The van der Waals surface area contributed by atoms with Crippen LogP contribution in [-0.4, -0.2) is 12.6 Å². The standard InChI is InChI=1S/C3H5N5/c4-1-3(5)2-7-8-6/h3H,2,5H2/t3-/m1/s1. The SMILES string of the molecule is N#C[C@@H](N)CN=[N+]=[N-]. The number of azide groups is 1. The van der Waals surface area contributed by atoms with E-state index in [9.17, 15) is 0 Å². The number of rotatable bonds is 2. The molecule has 0 aliphatic heterocycles. The van der Waals surface area contributed by atoms with Gasteiger partial charge in [0.15, 0.2) is 0 Å². The van der Waals surface area contributed by atoms with Crippen LogP contribution in [-0.2, 0) is 0 Å². The van der Waals surface area contributed by atoms with Crippen molar-refractivity contribution in [2.24, 2.45) is 10.8 Å². The molecule has 0 radical (unpaired) electrons. The third-order valence-electron chi connectivity index (χ3n) is 0.507. The molecule has 0 aliphatic carbocycles. The summed E-state index contributed by atoms with van der Waals surface area (Å²) in [5.74, 6) is 0. The maximum atomic E-state index is 8.00. The topological polar surface area (TPSA) is 98.6 Å². The Hall–Kier alpha value is -1.24. The second-order valence-electron chi connectivity index (χ2n) is 1.15. The van der Waals surface area contributed by atoms with Crippen molar-refractivity contribution in [1.29, 1.82) is 5.26 Å². The van der Waals surface area contributed by atoms with Crippen molar-refractivity contribution in [1.82, 2.24) is 0 Å². The van der Waals surface area contributed by atoms with Gasteiger partial charge in [-0.25, -0.2) is 0 Å². The van der Waals surface area contributed by atoms with E-state index in [1.807, 2.05) is 0 Å². The summed E-state index contributed by atoms with van der Waals surface area (Å²) in [4.78, 5) is 2.42. The van der Waals surface area contributed by atoms with E-state index in [1.54, 1.807) is 6.07 Å². The highest BCUT2D eigenvalue weighted by molar-refractivity contribution is 4.87. The van der Waals surface area contributed by atoms with Gasteiger partial charge in [0.05, 0.1) is 18.7 Å². The zero-order valence-corrected chi connectivity index (χ0v) is 4.15. The highest BCUT2D eigenvalue weighted by atomic mass is 15.1. The first kappa shape index (κ1) is 6.76. The summed E-state index contributed by atoms with van der Waals surface area (Å²) < 4.78 is 0. The zero-order chi connectivity index (χ0) is 6.41. The van der Waals surface area contributed by atoms with Crippen LogP contribution >= 0.6 is 0 Å². The van der Waals surface area contributed by atoms with Crippen molar-refractivity contribution < 1.29 is 0 Å². The van der Waals surface area contributed by atoms with Gasteiger partial charge in [-0.3, -0.25) is 0 Å². The third kappa shape index (κ3) is 2.97. The Morgan fingerprint density at radius 1 is 2.00 bits per heavy atom. The van der Waals surface area contributed by atoms with Crippen LogP contribution in [0.25, 0.3) is 10.4 Å². The molecule has 0 aromatic carbocycles. The van der Waals surface area contributed by atoms with Crippen molar-refractivity contribution in [2.75, 3.05) is 6.54 Å². The minimum atomic E-state index is -0.661. The molecule has 8 heavy (non-hydrogen) atoms. The maximum absolute atomic E-state index is 8.00. The first-order valence-corrected chi connectivity index (χ1v) is 1.97. The minimum absolute atomic E-state index is 0.0486. The fourth-order valence-corrected chi connectivity index (χ4v) is 0.165. The molecule has 1 atom stereocenters. The molecule has 0 aromatic heterocycles. The van der Waals surface area contributed by atoms with E-state index in [2.05, 4.69) is 10.0 Å². The van der Waals surface area contributed by atoms with Gasteiger partial charge < -0.3 is 5.73 Å². The van der Waals surface area contributed by atoms with Gasteiger partial charge in [0, 0.05) is 4.91 Å². The molecule has 5 nitrogen and oxygen atoms in total. The van der Waals surface area contributed by atoms with Crippen LogP contribution in [0.2, 0.25) is 0 Å². The van der Waals surface area contributed by atoms with Crippen molar-refractivity contribution in [3.63, 3.8) is 0 Å². The molecule has 0 rings (SSSR count). The van der Waals surface area contributed by atoms with Crippen LogP contribution in [0.5, 0.6) is 0 Å². The summed E-state index contributed by atoms with van der Waals surface area (Å²) in [5, 5.41) is 11.1. The summed E-state index contributed by atoms with van der Waals surface area (Å²) in [6.45, 7) is 0.0486. The van der Waals surface area contributed by atoms with Crippen LogP contribution in [0.15, 0.2) is 5.11 Å². The van der Waals surface area contributed by atoms with Crippen molar-refractivity contribution >= 4 is 0 Å². The number of nitriles is 1. The molecule has 0 bridgehead atoms. The van der Waals surface area contributed by atoms with E-state index < -0.39 is 6.04 Å². The molecular formula is C3H5N5. The van der Waals surface area contributed by atoms with E-state index in [0.29, 0.717) is 0 Å². The van der Waals surface area contributed by atoms with Crippen LogP contribution in [0.4, 0.5) is 0 Å². The third-order valence-corrected chi connectivity index (χ3v) is 0.507. The molecule has 0 unspecified atom stereocenters. The molecule has 0 spiro atoms. The second-order valence-corrected chi connectivity index (χ2v) is 1.15. The quantitative estimate of drug-likeness (QED) is 0.311. The first-order valence-electron chi connectivity index (χ1n) is 1.97. The van der Waals surface area contributed by atoms with Crippen LogP contribution in [0, 0.1) is 11.3 Å². The average molecular weight is 111 g/mol. The summed E-state index contributed by atoms with van der Waals surface area (Å²) in [7, 11) is 0. The average Bonchev–Trinajstić information content (AvgIpc) is 1.83. The predicted molar refractivity (Wildman–Crippen MR) is 27.6 cm³/mol. The Balaban J connectivity index is 3.43. The van der Waals surface area contributed by atoms with E-state index in [4.69, 9.17) is 16.5 Å². The molecule has 0 saturated heterocycles. The monoisotopic (exact) mass is 111 g/mol. The first-order chi connectivity index (χ1) is 3.81. The van der Waals surface area contributed by atoms with Gasteiger partial charge in [-0.15, -0.1) is 0 Å². The number of hydrogen-bond donors (Lipinski definition) is 1. The van der Waals surface area contributed by atoms with Crippen LogP contribution in [0.3, 0.4) is 0 Å². The predicted octanol–water partition coefficient (Wildman–Crippen LogP) is 0.148. The number of nitrogens with two attached hydrogens (primary N) is 1. The lowest BCUT2D eigenvalue weighted by atomic mass is 10.4. The number of nitrogens with zero attached hydrogens (tertiary/aromatic N) is 4. The lowest BCUT2D eigenvalue weighted by molar-refractivity contribution is 0.830. The van der Waals surface area contributed by atoms with Crippen molar-refractivity contribution in [2.45, 2.75) is 6.04 Å². The molecule has 5 heteroatoms. The van der Waals surface area contributed by atoms with E-state index in [0.717, 1.165) is 0 Å². The largest absolute Gasteiger partial charge is 0.316 e. The molecule has 42 valence electrons. The maximum Gasteiger partial charge on any atom is 0.0984 e. The summed E-state index contributed by atoms with van der Waals surface area (Å²) >= 11 is 0. The van der Waals surface area contributed by atoms with Crippen LogP contribution in [0.1, 0.15) is 0 Å². The zero-order valence-electron chi connectivity index (χ0n) is 4.15. The summed E-state index contributed by atoms with van der Waals surface area (Å²) in [6, 6.07) is 1.05. The highest BCUT2D eigenvalue weighted by Gasteiger charge is 1.92. The van der Waals surface area contributed by atoms with Gasteiger partial charge in [-0.2, -0.15) is 5.26 Å². The van der Waals surface area contributed by atoms with Gasteiger partial charge in [-0.05, 0) is 5.53 Å². The van der Waals surface area contributed by atoms with E-state index in [1.165, 1.54) is 0 Å². The van der Waals surface area contributed by atoms with E-state index >= 15 is 0 Å². The Morgan fingerprint density at radius 2 is 2.62 bits per heavy atom. The summed E-state index contributed by atoms with van der Waals surface area (Å²) in [5.41, 5.74) is 12.7. The molecule has 0 amide bonds.